The van der Waals surface area contributed by atoms with Crippen LogP contribution >= 0.6 is 0 Å². The smallest absolute Gasteiger partial charge is 0.220 e. The van der Waals surface area contributed by atoms with Crippen LogP contribution in [-0.4, -0.2) is 57.8 Å². The molecule has 0 aliphatic rings. The Labute approximate surface area is 98.3 Å². The third-order valence-electron chi connectivity index (χ3n) is 2.43. The molecule has 0 aliphatic carbocycles. The third kappa shape index (κ3) is 8.64. The number of amides is 1. The van der Waals surface area contributed by atoms with E-state index in [0.717, 1.165) is 13.1 Å². The fourth-order valence-corrected chi connectivity index (χ4v) is 1.22. The van der Waals surface area contributed by atoms with Crippen molar-refractivity contribution >= 4 is 5.91 Å². The number of nitrogens with zero attached hydrogens (tertiary/aromatic N) is 1. The fraction of sp³-hybridized carbons (Fsp3) is 0.909. The highest BCUT2D eigenvalue weighted by molar-refractivity contribution is 5.76. The van der Waals surface area contributed by atoms with Gasteiger partial charge in [-0.15, -0.1) is 0 Å². The Hall–Kier alpha value is -0.650. The zero-order valence-electron chi connectivity index (χ0n) is 10.7. The lowest BCUT2D eigenvalue weighted by molar-refractivity contribution is -0.121. The minimum Gasteiger partial charge on any atom is -0.383 e. The summed E-state index contributed by atoms with van der Waals surface area (Å²) in [5.41, 5.74) is 5.45. The minimum absolute atomic E-state index is 0.0816. The van der Waals surface area contributed by atoms with Gasteiger partial charge in [0, 0.05) is 33.2 Å². The maximum Gasteiger partial charge on any atom is 0.220 e. The van der Waals surface area contributed by atoms with E-state index in [2.05, 4.69) is 10.2 Å². The monoisotopic (exact) mass is 231 g/mol. The van der Waals surface area contributed by atoms with Crippen LogP contribution in [0.15, 0.2) is 0 Å². The first kappa shape index (κ1) is 15.3. The molecule has 0 rings (SSSR count). The molecule has 3 N–H and O–H groups in total. The van der Waals surface area contributed by atoms with Crippen molar-refractivity contribution in [3.8, 4) is 0 Å². The molecule has 0 radical (unpaired) electrons. The molecule has 5 heteroatoms. The van der Waals surface area contributed by atoms with E-state index in [1.807, 2.05) is 14.0 Å². The van der Waals surface area contributed by atoms with Gasteiger partial charge in [-0.3, -0.25) is 4.79 Å². The van der Waals surface area contributed by atoms with E-state index in [1.165, 1.54) is 0 Å². The number of carbonyl (C=O) groups is 1. The largest absolute Gasteiger partial charge is 0.383 e. The minimum atomic E-state index is 0.0816. The van der Waals surface area contributed by atoms with E-state index in [-0.39, 0.29) is 11.8 Å². The van der Waals surface area contributed by atoms with E-state index in [4.69, 9.17) is 10.5 Å². The zero-order valence-corrected chi connectivity index (χ0v) is 10.7. The Morgan fingerprint density at radius 2 is 2.19 bits per heavy atom. The first-order valence-electron chi connectivity index (χ1n) is 5.74. The van der Waals surface area contributed by atoms with Crippen molar-refractivity contribution in [1.29, 1.82) is 0 Å². The summed E-state index contributed by atoms with van der Waals surface area (Å²) in [6, 6.07) is 0. The lowest BCUT2D eigenvalue weighted by atomic mass is 10.1. The Morgan fingerprint density at radius 3 is 2.75 bits per heavy atom. The number of hydrogen-bond acceptors (Lipinski definition) is 4. The summed E-state index contributed by atoms with van der Waals surface area (Å²) in [4.78, 5) is 13.5. The predicted octanol–water partition coefficient (Wildman–Crippen LogP) is -0.334. The van der Waals surface area contributed by atoms with Crippen LogP contribution in [0, 0.1) is 5.92 Å². The van der Waals surface area contributed by atoms with E-state index >= 15 is 0 Å². The number of rotatable bonds is 9. The van der Waals surface area contributed by atoms with Crippen LogP contribution in [0.1, 0.15) is 13.3 Å². The van der Waals surface area contributed by atoms with Crippen molar-refractivity contribution in [2.24, 2.45) is 11.7 Å². The molecular formula is C11H25N3O2. The highest BCUT2D eigenvalue weighted by atomic mass is 16.5. The Balaban J connectivity index is 3.46. The summed E-state index contributed by atoms with van der Waals surface area (Å²) in [6.07, 6.45) is 0.512. The normalized spacial score (nSPS) is 12.8. The summed E-state index contributed by atoms with van der Waals surface area (Å²) in [6.45, 7) is 5.65. The molecule has 1 unspecified atom stereocenters. The fourth-order valence-electron chi connectivity index (χ4n) is 1.22. The zero-order chi connectivity index (χ0) is 12.4. The summed E-state index contributed by atoms with van der Waals surface area (Å²) in [5.74, 6) is 0.337. The molecule has 1 atom stereocenters. The summed E-state index contributed by atoms with van der Waals surface area (Å²) >= 11 is 0. The van der Waals surface area contributed by atoms with E-state index in [9.17, 15) is 4.79 Å². The van der Waals surface area contributed by atoms with E-state index in [0.29, 0.717) is 26.1 Å². The Kier molecular flexibility index (Phi) is 9.18. The van der Waals surface area contributed by atoms with Crippen LogP contribution in [0.3, 0.4) is 0 Å². The molecule has 0 saturated carbocycles. The van der Waals surface area contributed by atoms with Crippen molar-refractivity contribution in [1.82, 2.24) is 10.2 Å². The topological polar surface area (TPSA) is 67.6 Å². The number of nitrogens with one attached hydrogen (secondary N) is 1. The SMILES string of the molecule is COCCN(C)CCNC(=O)CC(C)CN. The van der Waals surface area contributed by atoms with Gasteiger partial charge in [-0.1, -0.05) is 6.92 Å². The van der Waals surface area contributed by atoms with Crippen molar-refractivity contribution in [3.05, 3.63) is 0 Å². The van der Waals surface area contributed by atoms with Crippen LogP contribution < -0.4 is 11.1 Å². The number of hydrogen-bond donors (Lipinski definition) is 2. The molecule has 0 heterocycles. The number of methoxy groups -OCH3 is 1. The number of likely N-dealkylation sites (N-methyl/N-ethyl adjacent to an activating group) is 1. The standard InChI is InChI=1S/C11H25N3O2/c1-10(9-12)8-11(15)13-4-5-14(2)6-7-16-3/h10H,4-9,12H2,1-3H3,(H,13,15). The van der Waals surface area contributed by atoms with Gasteiger partial charge in [0.25, 0.3) is 0 Å². The van der Waals surface area contributed by atoms with Gasteiger partial charge in [-0.05, 0) is 19.5 Å². The predicted molar refractivity (Wildman–Crippen MR) is 65.2 cm³/mol. The van der Waals surface area contributed by atoms with Crippen molar-refractivity contribution in [3.63, 3.8) is 0 Å². The highest BCUT2D eigenvalue weighted by Crippen LogP contribution is 1.97. The maximum atomic E-state index is 11.4. The average molecular weight is 231 g/mol. The lowest BCUT2D eigenvalue weighted by Crippen LogP contribution is -2.35. The second kappa shape index (κ2) is 9.57. The quantitative estimate of drug-likeness (QED) is 0.570. The summed E-state index contributed by atoms with van der Waals surface area (Å²) < 4.78 is 4.96. The first-order chi connectivity index (χ1) is 7.60. The van der Waals surface area contributed by atoms with Crippen molar-refractivity contribution in [2.75, 3.05) is 46.9 Å². The number of carbonyl (C=O) groups excluding carboxylic acids is 1. The molecule has 0 fully saturated rings. The van der Waals surface area contributed by atoms with Crippen LogP contribution in [0.4, 0.5) is 0 Å². The molecule has 0 spiro atoms. The number of nitrogens with two attached hydrogens (primary N) is 1. The molecule has 16 heavy (non-hydrogen) atoms. The van der Waals surface area contributed by atoms with Crippen LogP contribution in [-0.2, 0) is 9.53 Å². The molecule has 0 aliphatic heterocycles. The van der Waals surface area contributed by atoms with Gasteiger partial charge in [0.05, 0.1) is 6.61 Å². The van der Waals surface area contributed by atoms with Crippen molar-refractivity contribution < 1.29 is 9.53 Å². The molecule has 0 saturated heterocycles. The number of ether oxygens (including phenoxy) is 1. The van der Waals surface area contributed by atoms with Gasteiger partial charge in [0.15, 0.2) is 0 Å². The molecule has 0 aromatic rings. The van der Waals surface area contributed by atoms with E-state index in [1.54, 1.807) is 7.11 Å². The van der Waals surface area contributed by atoms with Gasteiger partial charge in [0.1, 0.15) is 0 Å². The highest BCUT2D eigenvalue weighted by Gasteiger charge is 2.06. The molecule has 0 aromatic carbocycles. The lowest BCUT2D eigenvalue weighted by Gasteiger charge is -2.16. The van der Waals surface area contributed by atoms with Crippen LogP contribution in [0.5, 0.6) is 0 Å². The Bertz CT molecular complexity index is 188. The van der Waals surface area contributed by atoms with Crippen molar-refractivity contribution in [2.45, 2.75) is 13.3 Å². The van der Waals surface area contributed by atoms with Gasteiger partial charge < -0.3 is 20.7 Å². The Morgan fingerprint density at radius 1 is 1.50 bits per heavy atom. The summed E-state index contributed by atoms with van der Waals surface area (Å²) in [5, 5.41) is 2.88. The van der Waals surface area contributed by atoms with Gasteiger partial charge in [0.2, 0.25) is 5.91 Å². The van der Waals surface area contributed by atoms with Crippen LogP contribution in [0.25, 0.3) is 0 Å². The molecule has 1 amide bonds. The molecule has 96 valence electrons. The van der Waals surface area contributed by atoms with E-state index < -0.39 is 0 Å². The average Bonchev–Trinajstić information content (AvgIpc) is 2.26. The first-order valence-corrected chi connectivity index (χ1v) is 5.74. The molecule has 5 nitrogen and oxygen atoms in total. The summed E-state index contributed by atoms with van der Waals surface area (Å²) in [7, 11) is 3.69. The molecule has 0 bridgehead atoms. The van der Waals surface area contributed by atoms with Crippen LogP contribution in [0.2, 0.25) is 0 Å². The maximum absolute atomic E-state index is 11.4. The molecule has 0 aromatic heterocycles. The third-order valence-corrected chi connectivity index (χ3v) is 2.43. The second-order valence-electron chi connectivity index (χ2n) is 4.19. The molecular weight excluding hydrogens is 206 g/mol. The van der Waals surface area contributed by atoms with Gasteiger partial charge in [-0.25, -0.2) is 0 Å². The van der Waals surface area contributed by atoms with Gasteiger partial charge in [-0.2, -0.15) is 0 Å². The second-order valence-corrected chi connectivity index (χ2v) is 4.19. The van der Waals surface area contributed by atoms with Gasteiger partial charge >= 0.3 is 0 Å².